The molecule has 1 nitrogen and oxygen atoms in total. The third-order valence-electron chi connectivity index (χ3n) is 3.99. The lowest BCUT2D eigenvalue weighted by Gasteiger charge is -2.36. The van der Waals surface area contributed by atoms with Crippen LogP contribution in [0, 0.1) is 12.8 Å². The van der Waals surface area contributed by atoms with Gasteiger partial charge in [-0.25, -0.2) is 0 Å². The van der Waals surface area contributed by atoms with Gasteiger partial charge in [-0.2, -0.15) is 0 Å². The number of benzene rings is 1. The Hall–Kier alpha value is -0.755. The van der Waals surface area contributed by atoms with Crippen molar-refractivity contribution in [3.63, 3.8) is 0 Å². The molecule has 0 radical (unpaired) electrons. The summed E-state index contributed by atoms with van der Waals surface area (Å²) in [5.41, 5.74) is 4.40. The third kappa shape index (κ3) is 2.32. The van der Waals surface area contributed by atoms with Crippen molar-refractivity contribution in [1.82, 2.24) is 4.90 Å². The molecule has 0 bridgehead atoms. The first-order valence-electron chi connectivity index (χ1n) is 6.33. The number of hydrogen-bond acceptors (Lipinski definition) is 1. The van der Waals surface area contributed by atoms with Crippen LogP contribution in [0.5, 0.6) is 0 Å². The van der Waals surface area contributed by atoms with E-state index in [4.69, 9.17) is 0 Å². The molecule has 2 rings (SSSR count). The molecule has 1 heterocycles. The molecule has 16 heavy (non-hydrogen) atoms. The highest BCUT2D eigenvalue weighted by Crippen LogP contribution is 2.32. The van der Waals surface area contributed by atoms with Crippen molar-refractivity contribution in [3.05, 3.63) is 29.3 Å². The number of piperidine rings is 1. The third-order valence-corrected chi connectivity index (χ3v) is 3.99. The minimum Gasteiger partial charge on any atom is -0.306 e. The van der Waals surface area contributed by atoms with Gasteiger partial charge in [-0.15, -0.1) is 0 Å². The van der Waals surface area contributed by atoms with E-state index in [-0.39, 0.29) is 0 Å². The molecule has 1 aliphatic rings. The van der Waals surface area contributed by atoms with Gasteiger partial charge in [0.2, 0.25) is 0 Å². The highest BCUT2D eigenvalue weighted by molar-refractivity contribution is 6.32. The topological polar surface area (TPSA) is 3.24 Å². The van der Waals surface area contributed by atoms with Crippen LogP contribution in [0.4, 0.5) is 0 Å². The number of aryl methyl sites for hydroxylation is 1. The van der Waals surface area contributed by atoms with Gasteiger partial charge in [0.05, 0.1) is 0 Å². The summed E-state index contributed by atoms with van der Waals surface area (Å²) >= 11 is 0. The minimum absolute atomic E-state index is 0.722. The molecule has 0 aliphatic carbocycles. The van der Waals surface area contributed by atoms with Gasteiger partial charge in [-0.05, 0) is 49.9 Å². The van der Waals surface area contributed by atoms with Crippen LogP contribution in [0.3, 0.4) is 0 Å². The Morgan fingerprint density at radius 1 is 1.38 bits per heavy atom. The summed E-state index contributed by atoms with van der Waals surface area (Å²) in [6.45, 7) is 7.12. The van der Waals surface area contributed by atoms with Crippen molar-refractivity contribution >= 4 is 13.3 Å². The number of nitrogens with zero attached hydrogens (tertiary/aromatic N) is 1. The van der Waals surface area contributed by atoms with Crippen LogP contribution in [-0.2, 0) is 0 Å². The number of hydrogen-bond donors (Lipinski definition) is 0. The summed E-state index contributed by atoms with van der Waals surface area (Å²) in [5.74, 6) is 1.54. The van der Waals surface area contributed by atoms with Gasteiger partial charge < -0.3 is 4.90 Å². The van der Waals surface area contributed by atoms with Crippen molar-refractivity contribution < 1.29 is 0 Å². The molecule has 0 aromatic heterocycles. The molecule has 0 saturated carbocycles. The summed E-state index contributed by atoms with van der Waals surface area (Å²) < 4.78 is 0. The van der Waals surface area contributed by atoms with Crippen LogP contribution in [0.1, 0.15) is 30.4 Å². The number of likely N-dealkylation sites (N-methyl/N-ethyl adjacent to an activating group) is 1. The average Bonchev–Trinajstić information content (AvgIpc) is 2.22. The molecule has 0 spiro atoms. The van der Waals surface area contributed by atoms with E-state index in [1.54, 1.807) is 5.56 Å². The van der Waals surface area contributed by atoms with E-state index < -0.39 is 0 Å². The molecule has 1 aromatic carbocycles. The van der Waals surface area contributed by atoms with Gasteiger partial charge in [-0.3, -0.25) is 0 Å². The fourth-order valence-corrected chi connectivity index (χ4v) is 2.88. The quantitative estimate of drug-likeness (QED) is 0.638. The van der Waals surface area contributed by atoms with E-state index >= 15 is 0 Å². The monoisotopic (exact) mass is 215 g/mol. The second-order valence-electron chi connectivity index (χ2n) is 5.49. The Morgan fingerprint density at radius 2 is 2.12 bits per heavy atom. The van der Waals surface area contributed by atoms with Crippen molar-refractivity contribution in [2.75, 3.05) is 20.1 Å². The Morgan fingerprint density at radius 3 is 2.81 bits per heavy atom. The zero-order valence-electron chi connectivity index (χ0n) is 11.0. The standard InChI is InChI=1S/C14H22BN/c1-10-6-7-16(3)9-14(10)13-5-4-12(15)8-11(13)2/h4-5,8,10,14H,6-7,9,15H2,1-3H3. The highest BCUT2D eigenvalue weighted by atomic mass is 15.1. The SMILES string of the molecule is Bc1ccc(C2CN(C)CCC2C)c(C)c1. The number of likely N-dealkylation sites (tertiary alicyclic amines) is 1. The van der Waals surface area contributed by atoms with Crippen LogP contribution in [-0.4, -0.2) is 32.9 Å². The normalized spacial score (nSPS) is 26.9. The smallest absolute Gasteiger partial charge is 0.139 e. The lowest BCUT2D eigenvalue weighted by atomic mass is 9.79. The number of rotatable bonds is 1. The molecular formula is C14H22BN. The predicted octanol–water partition coefficient (Wildman–Crippen LogP) is 1.31. The first-order chi connectivity index (χ1) is 7.58. The fraction of sp³-hybridized carbons (Fsp3) is 0.571. The van der Waals surface area contributed by atoms with Crippen LogP contribution in [0.15, 0.2) is 18.2 Å². The molecule has 2 atom stereocenters. The Bertz CT molecular complexity index is 375. The summed E-state index contributed by atoms with van der Waals surface area (Å²) in [6.07, 6.45) is 1.33. The molecule has 86 valence electrons. The molecule has 1 aliphatic heterocycles. The summed E-state index contributed by atoms with van der Waals surface area (Å²) in [4.78, 5) is 2.46. The highest BCUT2D eigenvalue weighted by Gasteiger charge is 2.26. The maximum absolute atomic E-state index is 2.46. The van der Waals surface area contributed by atoms with Gasteiger partial charge in [0, 0.05) is 6.54 Å². The van der Waals surface area contributed by atoms with Crippen molar-refractivity contribution in [2.45, 2.75) is 26.2 Å². The van der Waals surface area contributed by atoms with Gasteiger partial charge >= 0.3 is 0 Å². The Labute approximate surface area is 100 Å². The van der Waals surface area contributed by atoms with Crippen LogP contribution in [0.25, 0.3) is 0 Å². The zero-order chi connectivity index (χ0) is 11.7. The van der Waals surface area contributed by atoms with Crippen molar-refractivity contribution in [3.8, 4) is 0 Å². The second kappa shape index (κ2) is 4.62. The van der Waals surface area contributed by atoms with E-state index in [1.807, 2.05) is 0 Å². The Kier molecular flexibility index (Phi) is 3.39. The van der Waals surface area contributed by atoms with Crippen LogP contribution >= 0.6 is 0 Å². The second-order valence-corrected chi connectivity index (χ2v) is 5.49. The van der Waals surface area contributed by atoms with E-state index in [0.29, 0.717) is 0 Å². The molecule has 0 N–H and O–H groups in total. The lowest BCUT2D eigenvalue weighted by Crippen LogP contribution is -2.36. The maximum Gasteiger partial charge on any atom is 0.139 e. The molecule has 1 saturated heterocycles. The molecule has 1 fully saturated rings. The molecular weight excluding hydrogens is 193 g/mol. The molecule has 1 aromatic rings. The van der Waals surface area contributed by atoms with Crippen molar-refractivity contribution in [1.29, 1.82) is 0 Å². The molecule has 2 unspecified atom stereocenters. The van der Waals surface area contributed by atoms with E-state index in [1.165, 1.54) is 30.5 Å². The predicted molar refractivity (Wildman–Crippen MR) is 73.4 cm³/mol. The summed E-state index contributed by atoms with van der Waals surface area (Å²) in [7, 11) is 4.41. The first-order valence-corrected chi connectivity index (χ1v) is 6.33. The summed E-state index contributed by atoms with van der Waals surface area (Å²) in [5, 5.41) is 0. The average molecular weight is 215 g/mol. The summed E-state index contributed by atoms with van der Waals surface area (Å²) in [6, 6.07) is 6.91. The lowest BCUT2D eigenvalue weighted by molar-refractivity contribution is 0.199. The van der Waals surface area contributed by atoms with Gasteiger partial charge in [0.25, 0.3) is 0 Å². The van der Waals surface area contributed by atoms with Crippen molar-refractivity contribution in [2.24, 2.45) is 5.92 Å². The first kappa shape index (κ1) is 11.7. The van der Waals surface area contributed by atoms with Gasteiger partial charge in [0.15, 0.2) is 0 Å². The van der Waals surface area contributed by atoms with Gasteiger partial charge in [-0.1, -0.05) is 30.6 Å². The zero-order valence-corrected chi connectivity index (χ0v) is 11.0. The minimum atomic E-state index is 0.722. The van der Waals surface area contributed by atoms with Gasteiger partial charge in [0.1, 0.15) is 7.85 Å². The van der Waals surface area contributed by atoms with Crippen LogP contribution in [0.2, 0.25) is 0 Å². The van der Waals surface area contributed by atoms with E-state index in [9.17, 15) is 0 Å². The maximum atomic E-state index is 2.46. The molecule has 0 amide bonds. The van der Waals surface area contributed by atoms with Crippen LogP contribution < -0.4 is 5.46 Å². The van der Waals surface area contributed by atoms with E-state index in [2.05, 4.69) is 51.8 Å². The fourth-order valence-electron chi connectivity index (χ4n) is 2.88. The Balaban J connectivity index is 2.28. The molecule has 2 heteroatoms. The van der Waals surface area contributed by atoms with E-state index in [0.717, 1.165) is 11.8 Å². The largest absolute Gasteiger partial charge is 0.306 e.